The highest BCUT2D eigenvalue weighted by atomic mass is 16.8. The Balaban J connectivity index is 1.96. The molecular formula is C32H51N3O19. The van der Waals surface area contributed by atoms with E-state index in [4.69, 9.17) is 47.7 Å². The van der Waals surface area contributed by atoms with Crippen molar-refractivity contribution in [3.05, 3.63) is 36.5 Å². The van der Waals surface area contributed by atoms with Gasteiger partial charge in [-0.25, -0.2) is 14.4 Å². The monoisotopic (exact) mass is 781 g/mol. The molecule has 15 atom stereocenters. The van der Waals surface area contributed by atoms with Gasteiger partial charge in [0, 0.05) is 30.9 Å². The van der Waals surface area contributed by atoms with Crippen LogP contribution >= 0.6 is 0 Å². The summed E-state index contributed by atoms with van der Waals surface area (Å²) in [6.45, 7) is 12.2. The van der Waals surface area contributed by atoms with Gasteiger partial charge >= 0.3 is 17.9 Å². The second-order valence-corrected chi connectivity index (χ2v) is 12.7. The molecular weight excluding hydrogens is 730 g/mol. The number of hydrogen-bond acceptors (Lipinski definition) is 22. The Morgan fingerprint density at radius 3 is 1.48 bits per heavy atom. The smallest absolute Gasteiger partial charge is 0.351 e. The maximum atomic E-state index is 12.4. The first-order chi connectivity index (χ1) is 25.5. The van der Waals surface area contributed by atoms with Crippen LogP contribution in [0.5, 0.6) is 0 Å². The molecule has 3 aliphatic heterocycles. The standard InChI is InChI=1S/C32H51N3O19/c1-12(2)27(42)52-33-18-22(41)24(17(11-38)47-31(18)46-8)49-30-15(9-36)20(39)25(26(51-30)35-54-29(44)14(5)6)50-32-19(34-53-28(43)13(3)4)21(40)23(45-7)16(10-37)48-32/h15-26,30-41H,1,3,5,9-11H2,2,4,6-8H3. The van der Waals surface area contributed by atoms with Crippen LogP contribution in [0, 0.1) is 5.92 Å². The average Bonchev–Trinajstić information content (AvgIpc) is 3.14. The highest BCUT2D eigenvalue weighted by Crippen LogP contribution is 2.35. The van der Waals surface area contributed by atoms with Crippen LogP contribution in [0.4, 0.5) is 0 Å². The molecule has 0 aromatic rings. The number of aliphatic hydroxyl groups is 6. The van der Waals surface area contributed by atoms with Gasteiger partial charge in [-0.3, -0.25) is 0 Å². The lowest BCUT2D eigenvalue weighted by molar-refractivity contribution is -0.374. The number of aliphatic hydroxyl groups excluding tert-OH is 6. The molecule has 22 heteroatoms. The van der Waals surface area contributed by atoms with Gasteiger partial charge in [-0.05, 0) is 20.8 Å². The summed E-state index contributed by atoms with van der Waals surface area (Å²) in [7, 11) is 2.46. The quantitative estimate of drug-likeness (QED) is 0.0362. The van der Waals surface area contributed by atoms with Crippen LogP contribution in [0.25, 0.3) is 0 Å². The molecule has 3 rings (SSSR count). The third-order valence-electron chi connectivity index (χ3n) is 8.60. The maximum Gasteiger partial charge on any atom is 0.351 e. The average molecular weight is 782 g/mol. The van der Waals surface area contributed by atoms with E-state index in [0.29, 0.717) is 0 Å². The number of rotatable bonds is 18. The minimum absolute atomic E-state index is 0.0103. The Labute approximate surface area is 310 Å². The van der Waals surface area contributed by atoms with Crippen LogP contribution in [0.3, 0.4) is 0 Å². The van der Waals surface area contributed by atoms with Gasteiger partial charge in [-0.1, -0.05) is 19.7 Å². The van der Waals surface area contributed by atoms with Crippen LogP contribution in [0.2, 0.25) is 0 Å². The van der Waals surface area contributed by atoms with E-state index in [-0.39, 0.29) is 16.7 Å². The minimum atomic E-state index is -1.83. The molecule has 0 spiro atoms. The normalized spacial score (nSPS) is 36.8. The zero-order valence-corrected chi connectivity index (χ0v) is 30.4. The molecule has 0 bridgehead atoms. The zero-order valence-electron chi connectivity index (χ0n) is 30.4. The first-order valence-corrected chi connectivity index (χ1v) is 16.6. The Bertz CT molecular complexity index is 1320. The molecule has 0 aliphatic carbocycles. The predicted octanol–water partition coefficient (Wildman–Crippen LogP) is -4.16. The van der Waals surface area contributed by atoms with Crippen molar-refractivity contribution < 1.29 is 92.7 Å². The maximum absolute atomic E-state index is 12.4. The van der Waals surface area contributed by atoms with Gasteiger partial charge in [0.2, 0.25) is 0 Å². The Kier molecular flexibility index (Phi) is 17.5. The number of ether oxygens (including phenoxy) is 7. The minimum Gasteiger partial charge on any atom is -0.396 e. The van der Waals surface area contributed by atoms with Crippen molar-refractivity contribution in [2.45, 2.75) is 107 Å². The number of carbonyl (C=O) groups excluding carboxylic acids is 3. The lowest BCUT2D eigenvalue weighted by Gasteiger charge is -2.49. The van der Waals surface area contributed by atoms with Crippen molar-refractivity contribution in [2.24, 2.45) is 5.92 Å². The Morgan fingerprint density at radius 1 is 0.574 bits per heavy atom. The van der Waals surface area contributed by atoms with Gasteiger partial charge in [0.15, 0.2) is 25.1 Å². The molecule has 0 radical (unpaired) electrons. The predicted molar refractivity (Wildman–Crippen MR) is 176 cm³/mol. The molecule has 0 amide bonds. The molecule has 0 aromatic carbocycles. The Morgan fingerprint density at radius 2 is 1.02 bits per heavy atom. The fraction of sp³-hybridized carbons (Fsp3) is 0.719. The number of nitrogens with one attached hydrogen (secondary N) is 3. The lowest BCUT2D eigenvalue weighted by Crippen LogP contribution is -2.69. The van der Waals surface area contributed by atoms with E-state index in [1.807, 2.05) is 0 Å². The summed E-state index contributed by atoms with van der Waals surface area (Å²) in [5.41, 5.74) is 6.93. The molecule has 22 nitrogen and oxygen atoms in total. The van der Waals surface area contributed by atoms with Crippen molar-refractivity contribution in [3.8, 4) is 0 Å². The SMILES string of the molecule is C=C(C)C(=O)ONC1OC(OC2C(CO)OC(OC)C(NOC(=O)C(=C)C)C2O)C(CO)C(O)C1OC1OC(CO)C(OC)C(O)C1NOC(=O)C(=C)C. The molecule has 0 aromatic heterocycles. The molecule has 15 unspecified atom stereocenters. The van der Waals surface area contributed by atoms with Crippen LogP contribution in [-0.2, 0) is 62.1 Å². The van der Waals surface area contributed by atoms with Crippen LogP contribution in [-0.4, -0.2) is 169 Å². The summed E-state index contributed by atoms with van der Waals surface area (Å²) in [5.74, 6) is -4.19. The van der Waals surface area contributed by atoms with E-state index in [2.05, 4.69) is 36.2 Å². The van der Waals surface area contributed by atoms with E-state index in [1.165, 1.54) is 35.0 Å². The summed E-state index contributed by atoms with van der Waals surface area (Å²) in [4.78, 5) is 51.7. The molecule has 3 saturated heterocycles. The fourth-order valence-electron chi connectivity index (χ4n) is 5.57. The second kappa shape index (κ2) is 20.8. The molecule has 3 heterocycles. The van der Waals surface area contributed by atoms with Gasteiger partial charge in [0.1, 0.15) is 54.8 Å². The second-order valence-electron chi connectivity index (χ2n) is 12.7. The topological polar surface area (TPSA) is 301 Å². The van der Waals surface area contributed by atoms with E-state index in [0.717, 1.165) is 0 Å². The van der Waals surface area contributed by atoms with Gasteiger partial charge < -0.3 is 78.3 Å². The first-order valence-electron chi connectivity index (χ1n) is 16.6. The molecule has 54 heavy (non-hydrogen) atoms. The zero-order chi connectivity index (χ0) is 40.4. The van der Waals surface area contributed by atoms with Gasteiger partial charge in [-0.2, -0.15) is 0 Å². The van der Waals surface area contributed by atoms with Gasteiger partial charge in [0.05, 0.1) is 31.8 Å². The molecule has 308 valence electrons. The molecule has 3 aliphatic rings. The van der Waals surface area contributed by atoms with E-state index in [9.17, 15) is 45.0 Å². The van der Waals surface area contributed by atoms with Crippen molar-refractivity contribution in [2.75, 3.05) is 34.0 Å². The van der Waals surface area contributed by atoms with E-state index in [1.54, 1.807) is 0 Å². The number of methoxy groups -OCH3 is 2. The highest BCUT2D eigenvalue weighted by Gasteiger charge is 2.55. The van der Waals surface area contributed by atoms with Crippen molar-refractivity contribution >= 4 is 17.9 Å². The molecule has 3 fully saturated rings. The third-order valence-corrected chi connectivity index (χ3v) is 8.60. The molecule has 0 saturated carbocycles. The fourth-order valence-corrected chi connectivity index (χ4v) is 5.57. The summed E-state index contributed by atoms with van der Waals surface area (Å²) in [6, 6.07) is -2.80. The van der Waals surface area contributed by atoms with Crippen molar-refractivity contribution in [1.29, 1.82) is 0 Å². The summed E-state index contributed by atoms with van der Waals surface area (Å²) in [5, 5.41) is 64.9. The van der Waals surface area contributed by atoms with Crippen LogP contribution < -0.4 is 16.4 Å². The van der Waals surface area contributed by atoms with E-state index < -0.39 is 130 Å². The lowest BCUT2D eigenvalue weighted by atomic mass is 9.92. The summed E-state index contributed by atoms with van der Waals surface area (Å²) >= 11 is 0. The van der Waals surface area contributed by atoms with Gasteiger partial charge in [-0.15, -0.1) is 16.4 Å². The Hall–Kier alpha value is -3.01. The highest BCUT2D eigenvalue weighted by molar-refractivity contribution is 5.87. The largest absolute Gasteiger partial charge is 0.396 e. The first kappa shape index (κ1) is 45.4. The van der Waals surface area contributed by atoms with Crippen molar-refractivity contribution in [1.82, 2.24) is 16.4 Å². The van der Waals surface area contributed by atoms with E-state index >= 15 is 0 Å². The number of hydroxylamine groups is 3. The van der Waals surface area contributed by atoms with Gasteiger partial charge in [0.25, 0.3) is 0 Å². The van der Waals surface area contributed by atoms with Crippen LogP contribution in [0.1, 0.15) is 20.8 Å². The number of hydrogen-bond donors (Lipinski definition) is 9. The van der Waals surface area contributed by atoms with Crippen molar-refractivity contribution in [3.63, 3.8) is 0 Å². The van der Waals surface area contributed by atoms with Crippen LogP contribution in [0.15, 0.2) is 36.5 Å². The molecule has 9 N–H and O–H groups in total. The number of carbonyl (C=O) groups is 3. The summed E-state index contributed by atoms with van der Waals surface area (Å²) < 4.78 is 40.2. The third kappa shape index (κ3) is 10.8. The summed E-state index contributed by atoms with van der Waals surface area (Å²) in [6.07, 6.45) is -18.4.